The van der Waals surface area contributed by atoms with Crippen molar-refractivity contribution in [1.29, 1.82) is 0 Å². The lowest BCUT2D eigenvalue weighted by molar-refractivity contribution is 0.426. The lowest BCUT2D eigenvalue weighted by Gasteiger charge is -2.23. The molecule has 2 N–H and O–H groups in total. The van der Waals surface area contributed by atoms with Crippen LogP contribution in [0.3, 0.4) is 0 Å². The van der Waals surface area contributed by atoms with Gasteiger partial charge in [-0.1, -0.05) is 0 Å². The minimum absolute atomic E-state index is 0.437. The van der Waals surface area contributed by atoms with E-state index in [1.54, 1.807) is 11.8 Å². The van der Waals surface area contributed by atoms with E-state index < -0.39 is 0 Å². The van der Waals surface area contributed by atoms with E-state index in [2.05, 4.69) is 13.2 Å². The van der Waals surface area contributed by atoms with E-state index in [0.717, 1.165) is 5.75 Å². The topological polar surface area (TPSA) is 29.3 Å². The molecular weight excluding hydrogens is 164 g/mol. The Morgan fingerprint density at radius 2 is 2.30 bits per heavy atom. The van der Waals surface area contributed by atoms with Gasteiger partial charge in [0.15, 0.2) is 5.11 Å². The Labute approximate surface area is 72.1 Å². The number of thioether (sulfide) groups is 1. The summed E-state index contributed by atoms with van der Waals surface area (Å²) in [4.78, 5) is 1.91. The second-order valence-corrected chi connectivity index (χ2v) is 3.58. The van der Waals surface area contributed by atoms with Crippen molar-refractivity contribution in [3.8, 4) is 0 Å². The summed E-state index contributed by atoms with van der Waals surface area (Å²) < 4.78 is 0. The van der Waals surface area contributed by atoms with Gasteiger partial charge >= 0.3 is 0 Å². The van der Waals surface area contributed by atoms with Gasteiger partial charge in [0.25, 0.3) is 0 Å². The van der Waals surface area contributed by atoms with E-state index in [9.17, 15) is 0 Å². The molecule has 60 valence electrons. The highest BCUT2D eigenvalue weighted by molar-refractivity contribution is 7.98. The van der Waals surface area contributed by atoms with Crippen LogP contribution in [0.5, 0.6) is 0 Å². The van der Waals surface area contributed by atoms with Crippen molar-refractivity contribution < 1.29 is 0 Å². The highest BCUT2D eigenvalue weighted by Gasteiger charge is 2.07. The molecule has 0 aliphatic carbocycles. The molecule has 0 aromatic carbocycles. The molecule has 0 aliphatic rings. The predicted molar refractivity (Wildman–Crippen MR) is 52.4 cm³/mol. The van der Waals surface area contributed by atoms with Crippen molar-refractivity contribution in [2.24, 2.45) is 5.73 Å². The van der Waals surface area contributed by atoms with E-state index in [-0.39, 0.29) is 0 Å². The molecule has 4 heteroatoms. The molecule has 0 fully saturated rings. The molecule has 0 radical (unpaired) electrons. The summed E-state index contributed by atoms with van der Waals surface area (Å²) in [6.45, 7) is 2.11. The Hall–Kier alpha value is 0.0400. The SMILES string of the molecule is CSCC(C)N(C)C(N)=S. The zero-order valence-corrected chi connectivity index (χ0v) is 8.26. The summed E-state index contributed by atoms with van der Waals surface area (Å²) in [7, 11) is 1.92. The van der Waals surface area contributed by atoms with E-state index in [1.807, 2.05) is 11.9 Å². The van der Waals surface area contributed by atoms with Crippen LogP contribution in [0.2, 0.25) is 0 Å². The quantitative estimate of drug-likeness (QED) is 0.651. The van der Waals surface area contributed by atoms with Gasteiger partial charge in [-0.25, -0.2) is 0 Å². The van der Waals surface area contributed by atoms with Crippen LogP contribution in [0.25, 0.3) is 0 Å². The smallest absolute Gasteiger partial charge is 0.166 e. The summed E-state index contributed by atoms with van der Waals surface area (Å²) in [6.07, 6.45) is 2.07. The molecule has 0 aliphatic heterocycles. The van der Waals surface area contributed by atoms with E-state index >= 15 is 0 Å². The maximum atomic E-state index is 5.42. The number of nitrogens with two attached hydrogens (primary N) is 1. The minimum Gasteiger partial charge on any atom is -0.376 e. The summed E-state index contributed by atoms with van der Waals surface area (Å²) >= 11 is 6.60. The van der Waals surface area contributed by atoms with Gasteiger partial charge in [0.05, 0.1) is 0 Å². The van der Waals surface area contributed by atoms with Gasteiger partial charge in [-0.15, -0.1) is 0 Å². The Morgan fingerprint density at radius 3 is 2.60 bits per heavy atom. The van der Waals surface area contributed by atoms with Crippen LogP contribution in [0.4, 0.5) is 0 Å². The second kappa shape index (κ2) is 4.79. The Morgan fingerprint density at radius 1 is 1.80 bits per heavy atom. The number of nitrogens with zero attached hydrogens (tertiary/aromatic N) is 1. The molecule has 10 heavy (non-hydrogen) atoms. The Bertz CT molecular complexity index is 116. The number of thiocarbonyl (C=S) groups is 1. The van der Waals surface area contributed by atoms with Crippen LogP contribution in [0.15, 0.2) is 0 Å². The van der Waals surface area contributed by atoms with E-state index in [0.29, 0.717) is 11.2 Å². The van der Waals surface area contributed by atoms with Gasteiger partial charge in [-0.05, 0) is 25.4 Å². The zero-order valence-electron chi connectivity index (χ0n) is 6.63. The van der Waals surface area contributed by atoms with Crippen molar-refractivity contribution in [3.63, 3.8) is 0 Å². The van der Waals surface area contributed by atoms with Gasteiger partial charge in [-0.2, -0.15) is 11.8 Å². The molecule has 0 heterocycles. The van der Waals surface area contributed by atoms with Crippen molar-refractivity contribution in [2.45, 2.75) is 13.0 Å². The van der Waals surface area contributed by atoms with Crippen molar-refractivity contribution in [3.05, 3.63) is 0 Å². The highest BCUT2D eigenvalue weighted by Crippen LogP contribution is 2.02. The number of hydrogen-bond donors (Lipinski definition) is 1. The summed E-state index contributed by atoms with van der Waals surface area (Å²) in [5.41, 5.74) is 5.42. The van der Waals surface area contributed by atoms with Crippen molar-refractivity contribution in [2.75, 3.05) is 19.1 Å². The molecular formula is C6H14N2S2. The molecule has 0 rings (SSSR count). The lowest BCUT2D eigenvalue weighted by atomic mass is 10.4. The largest absolute Gasteiger partial charge is 0.376 e. The first-order valence-corrected chi connectivity index (χ1v) is 4.91. The normalized spacial score (nSPS) is 12.7. The molecule has 1 atom stereocenters. The van der Waals surface area contributed by atoms with Gasteiger partial charge < -0.3 is 10.6 Å². The summed E-state index contributed by atoms with van der Waals surface area (Å²) in [6, 6.07) is 0.437. The third-order valence-corrected chi connectivity index (χ3v) is 2.52. The maximum absolute atomic E-state index is 5.42. The fourth-order valence-corrected chi connectivity index (χ4v) is 1.46. The van der Waals surface area contributed by atoms with Crippen LogP contribution in [0, 0.1) is 0 Å². The summed E-state index contributed by atoms with van der Waals surface area (Å²) in [5.74, 6) is 1.06. The first-order chi connectivity index (χ1) is 4.59. The molecule has 0 bridgehead atoms. The highest BCUT2D eigenvalue weighted by atomic mass is 32.2. The van der Waals surface area contributed by atoms with Crippen LogP contribution >= 0.6 is 24.0 Å². The van der Waals surface area contributed by atoms with Crippen LogP contribution in [-0.4, -0.2) is 35.1 Å². The number of rotatable bonds is 3. The average Bonchev–Trinajstić information content (AvgIpc) is 1.87. The predicted octanol–water partition coefficient (Wildman–Crippen LogP) is 0.913. The molecule has 0 aromatic heterocycles. The maximum Gasteiger partial charge on any atom is 0.166 e. The van der Waals surface area contributed by atoms with Crippen LogP contribution < -0.4 is 5.73 Å². The fraction of sp³-hybridized carbons (Fsp3) is 0.833. The molecule has 0 amide bonds. The molecule has 0 spiro atoms. The first kappa shape index (κ1) is 10.0. The van der Waals surface area contributed by atoms with Crippen molar-refractivity contribution >= 4 is 29.1 Å². The Balaban J connectivity index is 3.69. The summed E-state index contributed by atoms with van der Waals surface area (Å²) in [5, 5.41) is 0.474. The van der Waals surface area contributed by atoms with E-state index in [1.165, 1.54) is 0 Å². The molecule has 0 saturated heterocycles. The standard InChI is InChI=1S/C6H14N2S2/c1-5(4-10-3)8(2)6(7)9/h5H,4H2,1-3H3,(H2,7,9). The Kier molecular flexibility index (Phi) is 4.81. The third-order valence-electron chi connectivity index (χ3n) is 1.42. The van der Waals surface area contributed by atoms with Crippen molar-refractivity contribution in [1.82, 2.24) is 4.90 Å². The van der Waals surface area contributed by atoms with Gasteiger partial charge in [0.1, 0.15) is 0 Å². The number of hydrogen-bond acceptors (Lipinski definition) is 2. The first-order valence-electron chi connectivity index (χ1n) is 3.10. The molecule has 0 aromatic rings. The minimum atomic E-state index is 0.437. The van der Waals surface area contributed by atoms with E-state index in [4.69, 9.17) is 18.0 Å². The van der Waals surface area contributed by atoms with Gasteiger partial charge in [0, 0.05) is 18.8 Å². The molecule has 1 unspecified atom stereocenters. The molecule has 0 saturated carbocycles. The van der Waals surface area contributed by atoms with Crippen LogP contribution in [-0.2, 0) is 0 Å². The molecule has 2 nitrogen and oxygen atoms in total. The fourth-order valence-electron chi connectivity index (χ4n) is 0.570. The van der Waals surface area contributed by atoms with Gasteiger partial charge in [-0.3, -0.25) is 0 Å². The third kappa shape index (κ3) is 3.27. The van der Waals surface area contributed by atoms with Gasteiger partial charge in [0.2, 0.25) is 0 Å². The lowest BCUT2D eigenvalue weighted by Crippen LogP contribution is -2.39. The zero-order chi connectivity index (χ0) is 8.15. The van der Waals surface area contributed by atoms with Crippen LogP contribution in [0.1, 0.15) is 6.92 Å². The second-order valence-electron chi connectivity index (χ2n) is 2.25. The average molecular weight is 178 g/mol. The monoisotopic (exact) mass is 178 g/mol.